The molecule has 41 heavy (non-hydrogen) atoms. The van der Waals surface area contributed by atoms with Gasteiger partial charge >= 0.3 is 5.97 Å². The highest BCUT2D eigenvalue weighted by Crippen LogP contribution is 2.43. The number of nitrogens with one attached hydrogen (secondary N) is 1. The number of hydrogen-bond donors (Lipinski definition) is 2. The van der Waals surface area contributed by atoms with E-state index in [1.807, 2.05) is 6.07 Å². The lowest BCUT2D eigenvalue weighted by Crippen LogP contribution is -2.44. The fourth-order valence-electron chi connectivity index (χ4n) is 5.74. The Balaban J connectivity index is 1.17. The van der Waals surface area contributed by atoms with Crippen LogP contribution in [0.15, 0.2) is 18.2 Å². The number of carboxylic acids is 1. The summed E-state index contributed by atoms with van der Waals surface area (Å²) >= 11 is 0. The average Bonchev–Trinajstić information content (AvgIpc) is 3.39. The minimum Gasteiger partial charge on any atom is -0.496 e. The first-order valence-electron chi connectivity index (χ1n) is 14.3. The van der Waals surface area contributed by atoms with Crippen molar-refractivity contribution in [3.05, 3.63) is 40.8 Å². The molecular formula is C30H39F2N3O6. The molecule has 5 rings (SSSR count). The molecule has 1 saturated heterocycles. The monoisotopic (exact) mass is 575 g/mol. The number of carbonyl (C=O) groups is 1. The van der Waals surface area contributed by atoms with Gasteiger partial charge in [0.2, 0.25) is 0 Å². The number of nitrogens with zero attached hydrogens (tertiary/aromatic N) is 2. The van der Waals surface area contributed by atoms with Crippen LogP contribution in [0.5, 0.6) is 17.2 Å². The van der Waals surface area contributed by atoms with Crippen LogP contribution in [0, 0.1) is 5.82 Å². The van der Waals surface area contributed by atoms with Gasteiger partial charge in [-0.2, -0.15) is 0 Å². The van der Waals surface area contributed by atoms with Crippen LogP contribution in [-0.2, 0) is 22.4 Å². The minimum atomic E-state index is -1.73. The molecule has 0 saturated carbocycles. The molecule has 0 spiro atoms. The van der Waals surface area contributed by atoms with Gasteiger partial charge in [-0.3, -0.25) is 9.69 Å². The van der Waals surface area contributed by atoms with E-state index in [9.17, 15) is 18.7 Å². The highest BCUT2D eigenvalue weighted by atomic mass is 19.1. The number of unbranched alkanes of at least 4 members (excludes halogenated alkanes) is 1. The first-order valence-corrected chi connectivity index (χ1v) is 14.3. The Kier molecular flexibility index (Phi) is 8.84. The molecule has 0 amide bonds. The Bertz CT molecular complexity index is 1240. The lowest BCUT2D eigenvalue weighted by molar-refractivity contribution is -0.143. The number of halogens is 2. The summed E-state index contributed by atoms with van der Waals surface area (Å²) in [5.41, 5.74) is 0.507. The van der Waals surface area contributed by atoms with Crippen molar-refractivity contribution >= 4 is 11.8 Å². The van der Waals surface area contributed by atoms with Gasteiger partial charge in [0.05, 0.1) is 13.2 Å². The molecule has 3 aliphatic heterocycles. The molecular weight excluding hydrogens is 536 g/mol. The Morgan fingerprint density at radius 2 is 2.15 bits per heavy atom. The summed E-state index contributed by atoms with van der Waals surface area (Å²) < 4.78 is 52.3. The SMILES string of the molecule is COc1cc(CCCCO[C@@H]2CCN(C(C(=O)O)c3cc(F)cc4c3O[C@@H](C(C)(C)F)CO4)C2)nc2c1CCCN2. The van der Waals surface area contributed by atoms with Crippen molar-refractivity contribution in [2.45, 2.75) is 76.3 Å². The maximum absolute atomic E-state index is 14.6. The van der Waals surface area contributed by atoms with E-state index < -0.39 is 29.6 Å². The molecule has 1 unspecified atom stereocenters. The quantitative estimate of drug-likeness (QED) is 0.369. The molecule has 2 aromatic rings. The molecule has 11 heteroatoms. The number of hydrogen-bond acceptors (Lipinski definition) is 8. The van der Waals surface area contributed by atoms with Crippen LogP contribution in [-0.4, -0.2) is 78.8 Å². The zero-order valence-electron chi connectivity index (χ0n) is 23.9. The molecule has 3 aliphatic rings. The normalized spacial score (nSPS) is 21.2. The van der Waals surface area contributed by atoms with Crippen LogP contribution >= 0.6 is 0 Å². The predicted octanol–water partition coefficient (Wildman–Crippen LogP) is 4.71. The minimum absolute atomic E-state index is 0.0766. The Labute approximate surface area is 239 Å². The maximum atomic E-state index is 14.6. The fourth-order valence-corrected chi connectivity index (χ4v) is 5.74. The number of benzene rings is 1. The summed E-state index contributed by atoms with van der Waals surface area (Å²) in [6, 6.07) is 3.12. The van der Waals surface area contributed by atoms with Gasteiger partial charge in [-0.25, -0.2) is 13.8 Å². The smallest absolute Gasteiger partial charge is 0.325 e. The molecule has 0 aliphatic carbocycles. The summed E-state index contributed by atoms with van der Waals surface area (Å²) in [5, 5.41) is 13.5. The van der Waals surface area contributed by atoms with Crippen LogP contribution in [0.25, 0.3) is 0 Å². The van der Waals surface area contributed by atoms with E-state index >= 15 is 0 Å². The zero-order valence-corrected chi connectivity index (χ0v) is 23.9. The Morgan fingerprint density at radius 3 is 2.90 bits per heavy atom. The van der Waals surface area contributed by atoms with Crippen LogP contribution in [0.4, 0.5) is 14.6 Å². The Hall–Kier alpha value is -3.18. The third-order valence-electron chi connectivity index (χ3n) is 7.97. The van der Waals surface area contributed by atoms with Crippen LogP contribution < -0.4 is 19.5 Å². The highest BCUT2D eigenvalue weighted by molar-refractivity contribution is 5.77. The standard InChI is InChI=1S/C30H39F2N3O6/c1-30(2,32)25-17-40-24-14-18(31)13-22(27(24)41-25)26(29(36)37)35-11-9-20(16-35)39-12-5-4-7-19-15-23(38-3)21-8-6-10-33-28(21)34-19/h13-15,20,25-26H,4-12,16-17H2,1-3H3,(H,33,34)(H,36,37)/t20-,25-,26?/m1/s1. The summed E-state index contributed by atoms with van der Waals surface area (Å²) in [6.07, 6.45) is 4.10. The lowest BCUT2D eigenvalue weighted by Gasteiger charge is -2.35. The number of aryl methyl sites for hydroxylation is 1. The third-order valence-corrected chi connectivity index (χ3v) is 7.97. The second-order valence-corrected chi connectivity index (χ2v) is 11.5. The molecule has 0 bridgehead atoms. The number of rotatable bonds is 11. The zero-order chi connectivity index (χ0) is 29.1. The summed E-state index contributed by atoms with van der Waals surface area (Å²) in [6.45, 7) is 4.92. The second-order valence-electron chi connectivity index (χ2n) is 11.5. The van der Waals surface area contributed by atoms with E-state index in [1.165, 1.54) is 13.8 Å². The summed E-state index contributed by atoms with van der Waals surface area (Å²) in [7, 11) is 1.69. The van der Waals surface area contributed by atoms with Gasteiger partial charge < -0.3 is 29.4 Å². The average molecular weight is 576 g/mol. The highest BCUT2D eigenvalue weighted by Gasteiger charge is 2.41. The number of ether oxygens (including phenoxy) is 4. The number of methoxy groups -OCH3 is 1. The van der Waals surface area contributed by atoms with E-state index in [4.69, 9.17) is 23.9 Å². The van der Waals surface area contributed by atoms with E-state index in [-0.39, 0.29) is 29.8 Å². The first kappa shape index (κ1) is 29.3. The Morgan fingerprint density at radius 1 is 1.32 bits per heavy atom. The van der Waals surface area contributed by atoms with Crippen molar-refractivity contribution in [1.29, 1.82) is 0 Å². The van der Waals surface area contributed by atoms with Gasteiger partial charge in [0, 0.05) is 55.2 Å². The van der Waals surface area contributed by atoms with Crippen molar-refractivity contribution in [3.63, 3.8) is 0 Å². The van der Waals surface area contributed by atoms with Gasteiger partial charge in [0.25, 0.3) is 0 Å². The molecule has 4 heterocycles. The number of anilines is 1. The van der Waals surface area contributed by atoms with Crippen LogP contribution in [0.1, 0.15) is 62.4 Å². The van der Waals surface area contributed by atoms with Crippen molar-refractivity contribution in [2.75, 3.05) is 45.3 Å². The number of pyridine rings is 1. The molecule has 2 N–H and O–H groups in total. The van der Waals surface area contributed by atoms with Gasteiger partial charge in [-0.05, 0) is 58.4 Å². The number of aliphatic carboxylic acids is 1. The van der Waals surface area contributed by atoms with E-state index in [0.29, 0.717) is 26.1 Å². The molecule has 1 aromatic heterocycles. The number of aromatic nitrogens is 1. The predicted molar refractivity (Wildman–Crippen MR) is 148 cm³/mol. The number of alkyl halides is 1. The molecule has 1 aromatic carbocycles. The molecule has 1 fully saturated rings. The van der Waals surface area contributed by atoms with Crippen LogP contribution in [0.2, 0.25) is 0 Å². The van der Waals surface area contributed by atoms with Crippen molar-refractivity contribution in [2.24, 2.45) is 0 Å². The van der Waals surface area contributed by atoms with Gasteiger partial charge in [-0.1, -0.05) is 0 Å². The molecule has 0 radical (unpaired) electrons. The van der Waals surface area contributed by atoms with Crippen molar-refractivity contribution in [3.8, 4) is 17.2 Å². The number of carboxylic acid groups (broad SMARTS) is 1. The van der Waals surface area contributed by atoms with E-state index in [0.717, 1.165) is 73.6 Å². The van der Waals surface area contributed by atoms with Gasteiger partial charge in [0.1, 0.15) is 35.7 Å². The maximum Gasteiger partial charge on any atom is 0.325 e. The van der Waals surface area contributed by atoms with Crippen molar-refractivity contribution in [1.82, 2.24) is 9.88 Å². The van der Waals surface area contributed by atoms with Gasteiger partial charge in [0.15, 0.2) is 17.6 Å². The molecule has 9 nitrogen and oxygen atoms in total. The number of likely N-dealkylation sites (tertiary alicyclic amines) is 1. The van der Waals surface area contributed by atoms with E-state index in [2.05, 4.69) is 5.32 Å². The fraction of sp³-hybridized carbons (Fsp3) is 0.600. The number of fused-ring (bicyclic) bond motifs is 2. The van der Waals surface area contributed by atoms with Crippen LogP contribution in [0.3, 0.4) is 0 Å². The topological polar surface area (TPSA) is 102 Å². The molecule has 3 atom stereocenters. The first-order chi connectivity index (χ1) is 19.6. The van der Waals surface area contributed by atoms with E-state index in [1.54, 1.807) is 12.0 Å². The third kappa shape index (κ3) is 6.67. The summed E-state index contributed by atoms with van der Waals surface area (Å²) in [4.78, 5) is 19.0. The van der Waals surface area contributed by atoms with Crippen molar-refractivity contribution < 1.29 is 37.6 Å². The lowest BCUT2D eigenvalue weighted by atomic mass is 10.00. The second kappa shape index (κ2) is 12.4. The summed E-state index contributed by atoms with van der Waals surface area (Å²) in [5.74, 6) is 0.175. The largest absolute Gasteiger partial charge is 0.496 e. The molecule has 224 valence electrons. The van der Waals surface area contributed by atoms with Gasteiger partial charge in [-0.15, -0.1) is 0 Å².